The fraction of sp³-hybridized carbons (Fsp3) is 0.316. The van der Waals surface area contributed by atoms with Gasteiger partial charge in [-0.3, -0.25) is 4.79 Å². The molecule has 2 N–H and O–H groups in total. The molecule has 0 aliphatic carbocycles. The number of nitrogens with one attached hydrogen (secondary N) is 2. The van der Waals surface area contributed by atoms with Crippen LogP contribution in [0.15, 0.2) is 48.7 Å². The number of halogens is 1. The lowest BCUT2D eigenvalue weighted by Crippen LogP contribution is -2.53. The average molecular weight is 371 g/mol. The highest BCUT2D eigenvalue weighted by Gasteiger charge is 2.21. The lowest BCUT2D eigenvalue weighted by Gasteiger charge is -2.35. The highest BCUT2D eigenvalue weighted by Crippen LogP contribution is 2.12. The molecule has 142 valence electrons. The maximum Gasteiger partial charge on any atom is 0.317 e. The zero-order valence-corrected chi connectivity index (χ0v) is 14.9. The summed E-state index contributed by atoms with van der Waals surface area (Å²) in [5.41, 5.74) is 0.667. The van der Waals surface area contributed by atoms with E-state index < -0.39 is 0 Å². The number of aromatic nitrogens is 1. The number of benzene rings is 1. The zero-order valence-electron chi connectivity index (χ0n) is 14.9. The molecule has 2 heterocycles. The molecule has 3 rings (SSSR count). The van der Waals surface area contributed by atoms with Crippen LogP contribution in [-0.2, 0) is 11.3 Å². The fourth-order valence-corrected chi connectivity index (χ4v) is 2.86. The Bertz CT molecular complexity index is 779. The smallest absolute Gasteiger partial charge is 0.317 e. The number of pyridine rings is 1. The fourth-order valence-electron chi connectivity index (χ4n) is 2.86. The van der Waals surface area contributed by atoms with Crippen molar-refractivity contribution in [3.63, 3.8) is 0 Å². The highest BCUT2D eigenvalue weighted by atomic mass is 19.1. The van der Waals surface area contributed by atoms with Crippen LogP contribution in [0.25, 0.3) is 0 Å². The monoisotopic (exact) mass is 371 g/mol. The summed E-state index contributed by atoms with van der Waals surface area (Å²) in [4.78, 5) is 32.2. The lowest BCUT2D eigenvalue weighted by atomic mass is 10.2. The van der Waals surface area contributed by atoms with Gasteiger partial charge in [0, 0.05) is 38.9 Å². The molecule has 1 fully saturated rings. The Labute approximate surface area is 157 Å². The summed E-state index contributed by atoms with van der Waals surface area (Å²) in [6.07, 6.45) is 1.75. The SMILES string of the molecule is O=C(CNC(=O)N1CCN(c2ccccn2)CC1)NCc1cccc(F)c1. The molecule has 1 aliphatic rings. The summed E-state index contributed by atoms with van der Waals surface area (Å²) in [7, 11) is 0. The van der Waals surface area contributed by atoms with Crippen LogP contribution in [0.4, 0.5) is 15.0 Å². The van der Waals surface area contributed by atoms with E-state index in [1.54, 1.807) is 23.2 Å². The van der Waals surface area contributed by atoms with Crippen molar-refractivity contribution in [3.8, 4) is 0 Å². The number of amides is 3. The molecule has 1 aliphatic heterocycles. The number of piperazine rings is 1. The molecule has 3 amide bonds. The number of carbonyl (C=O) groups is 2. The van der Waals surface area contributed by atoms with E-state index in [4.69, 9.17) is 0 Å². The van der Waals surface area contributed by atoms with Gasteiger partial charge in [-0.15, -0.1) is 0 Å². The van der Waals surface area contributed by atoms with Gasteiger partial charge < -0.3 is 20.4 Å². The third kappa shape index (κ3) is 5.40. The van der Waals surface area contributed by atoms with Crippen molar-refractivity contribution in [1.29, 1.82) is 0 Å². The van der Waals surface area contributed by atoms with Crippen LogP contribution in [0.5, 0.6) is 0 Å². The topological polar surface area (TPSA) is 77.6 Å². The van der Waals surface area contributed by atoms with Gasteiger partial charge in [0.25, 0.3) is 0 Å². The van der Waals surface area contributed by atoms with Crippen molar-refractivity contribution in [1.82, 2.24) is 20.5 Å². The first-order chi connectivity index (χ1) is 13.1. The minimum absolute atomic E-state index is 0.116. The molecule has 0 radical (unpaired) electrons. The minimum atomic E-state index is -0.347. The average Bonchev–Trinajstić information content (AvgIpc) is 2.71. The predicted molar refractivity (Wildman–Crippen MR) is 99.7 cm³/mol. The minimum Gasteiger partial charge on any atom is -0.353 e. The van der Waals surface area contributed by atoms with E-state index in [1.807, 2.05) is 18.2 Å². The van der Waals surface area contributed by atoms with E-state index in [9.17, 15) is 14.0 Å². The molecule has 1 saturated heterocycles. The molecule has 0 saturated carbocycles. The number of nitrogens with zero attached hydrogens (tertiary/aromatic N) is 3. The third-order valence-electron chi connectivity index (χ3n) is 4.32. The van der Waals surface area contributed by atoms with Crippen molar-refractivity contribution in [2.24, 2.45) is 0 Å². The van der Waals surface area contributed by atoms with Gasteiger partial charge in [-0.1, -0.05) is 18.2 Å². The first kappa shape index (κ1) is 18.6. The number of urea groups is 1. The quantitative estimate of drug-likeness (QED) is 0.832. The summed E-state index contributed by atoms with van der Waals surface area (Å²) < 4.78 is 13.1. The van der Waals surface area contributed by atoms with Gasteiger partial charge in [-0.05, 0) is 29.8 Å². The van der Waals surface area contributed by atoms with Crippen LogP contribution in [0.3, 0.4) is 0 Å². The Morgan fingerprint density at radius 3 is 2.56 bits per heavy atom. The number of anilines is 1. The molecular formula is C19H22FN5O2. The van der Waals surface area contributed by atoms with Gasteiger partial charge in [0.1, 0.15) is 11.6 Å². The summed E-state index contributed by atoms with van der Waals surface area (Å²) >= 11 is 0. The van der Waals surface area contributed by atoms with E-state index in [1.165, 1.54) is 12.1 Å². The van der Waals surface area contributed by atoms with Crippen LogP contribution in [0.2, 0.25) is 0 Å². The molecule has 0 unspecified atom stereocenters. The van der Waals surface area contributed by atoms with Gasteiger partial charge >= 0.3 is 6.03 Å². The number of hydrogen-bond donors (Lipinski definition) is 2. The van der Waals surface area contributed by atoms with Gasteiger partial charge in [0.15, 0.2) is 0 Å². The standard InChI is InChI=1S/C19H22FN5O2/c20-16-5-3-4-15(12-16)13-22-18(26)14-23-19(27)25-10-8-24(9-11-25)17-6-1-2-7-21-17/h1-7,12H,8-11,13-14H2,(H,22,26)(H,23,27). The zero-order chi connectivity index (χ0) is 19.1. The Morgan fingerprint density at radius 2 is 1.85 bits per heavy atom. The van der Waals surface area contributed by atoms with Crippen molar-refractivity contribution in [2.45, 2.75) is 6.54 Å². The molecule has 2 aromatic rings. The van der Waals surface area contributed by atoms with Gasteiger partial charge in [-0.25, -0.2) is 14.2 Å². The number of hydrogen-bond acceptors (Lipinski definition) is 4. The molecule has 0 spiro atoms. The molecular weight excluding hydrogens is 349 g/mol. The summed E-state index contributed by atoms with van der Waals surface area (Å²) in [6, 6.07) is 11.5. The summed E-state index contributed by atoms with van der Waals surface area (Å²) in [6.45, 7) is 2.61. The second-order valence-electron chi connectivity index (χ2n) is 6.23. The Hall–Kier alpha value is -3.16. The second-order valence-corrected chi connectivity index (χ2v) is 6.23. The second kappa shape index (κ2) is 8.98. The van der Waals surface area contributed by atoms with Crippen molar-refractivity contribution in [3.05, 3.63) is 60.0 Å². The first-order valence-electron chi connectivity index (χ1n) is 8.82. The Kier molecular flexibility index (Phi) is 6.19. The van der Waals surface area contributed by atoms with Crippen LogP contribution in [0.1, 0.15) is 5.56 Å². The maximum absolute atomic E-state index is 13.1. The number of carbonyl (C=O) groups excluding carboxylic acids is 2. The Balaban J connectivity index is 1.37. The van der Waals surface area contributed by atoms with Crippen molar-refractivity contribution in [2.75, 3.05) is 37.6 Å². The molecule has 0 atom stereocenters. The molecule has 8 heteroatoms. The lowest BCUT2D eigenvalue weighted by molar-refractivity contribution is -0.120. The molecule has 1 aromatic carbocycles. The highest BCUT2D eigenvalue weighted by molar-refractivity contribution is 5.84. The molecule has 0 bridgehead atoms. The van der Waals surface area contributed by atoms with E-state index in [2.05, 4.69) is 20.5 Å². The third-order valence-corrected chi connectivity index (χ3v) is 4.32. The summed E-state index contributed by atoms with van der Waals surface area (Å²) in [5, 5.41) is 5.28. The van der Waals surface area contributed by atoms with Crippen molar-refractivity contribution < 1.29 is 14.0 Å². The normalized spacial score (nSPS) is 14.0. The number of rotatable bonds is 5. The van der Waals surface area contributed by atoms with E-state index in [-0.39, 0.29) is 30.8 Å². The van der Waals surface area contributed by atoms with Crippen LogP contribution in [-0.4, -0.2) is 54.5 Å². The molecule has 7 nitrogen and oxygen atoms in total. The van der Waals surface area contributed by atoms with Gasteiger partial charge in [0.2, 0.25) is 5.91 Å². The Morgan fingerprint density at radius 1 is 1.04 bits per heavy atom. The maximum atomic E-state index is 13.1. The first-order valence-corrected chi connectivity index (χ1v) is 8.82. The molecule has 1 aromatic heterocycles. The van der Waals surface area contributed by atoms with Gasteiger partial charge in [-0.2, -0.15) is 0 Å². The largest absolute Gasteiger partial charge is 0.353 e. The predicted octanol–water partition coefficient (Wildman–Crippen LogP) is 1.37. The summed E-state index contributed by atoms with van der Waals surface area (Å²) in [5.74, 6) is 0.230. The van der Waals surface area contributed by atoms with Gasteiger partial charge in [0.05, 0.1) is 6.54 Å². The van der Waals surface area contributed by atoms with Crippen molar-refractivity contribution >= 4 is 17.8 Å². The van der Waals surface area contributed by atoms with E-state index >= 15 is 0 Å². The van der Waals surface area contributed by atoms with E-state index in [0.29, 0.717) is 31.7 Å². The van der Waals surface area contributed by atoms with E-state index in [0.717, 1.165) is 5.82 Å². The van der Waals surface area contributed by atoms with Crippen LogP contribution < -0.4 is 15.5 Å². The van der Waals surface area contributed by atoms with Crippen LogP contribution >= 0.6 is 0 Å². The van der Waals surface area contributed by atoms with Crippen LogP contribution in [0, 0.1) is 5.82 Å². The molecule has 27 heavy (non-hydrogen) atoms.